The van der Waals surface area contributed by atoms with Gasteiger partial charge in [-0.25, -0.2) is 0 Å². The van der Waals surface area contributed by atoms with E-state index in [1.165, 1.54) is 90.0 Å². The summed E-state index contributed by atoms with van der Waals surface area (Å²) in [5, 5.41) is 0. The maximum atomic E-state index is 5.83. The maximum Gasteiger partial charge on any atom is 0.0920 e. The first-order valence-electron chi connectivity index (χ1n) is 9.50. The van der Waals surface area contributed by atoms with Crippen molar-refractivity contribution in [1.82, 2.24) is 0 Å². The summed E-state index contributed by atoms with van der Waals surface area (Å²) in [7, 11) is 4.59. The van der Waals surface area contributed by atoms with Gasteiger partial charge in [0, 0.05) is 0 Å². The highest BCUT2D eigenvalue weighted by Crippen LogP contribution is 2.13. The quantitative estimate of drug-likeness (QED) is 0.148. The minimum Gasteiger partial charge on any atom is -1.00 e. The molecule has 0 heterocycles. The van der Waals surface area contributed by atoms with Crippen LogP contribution in [0.15, 0.2) is 0 Å². The Labute approximate surface area is 163 Å². The number of rotatable bonds is 16. The molecule has 0 rings (SSSR count). The van der Waals surface area contributed by atoms with Crippen molar-refractivity contribution in [2.75, 3.05) is 33.1 Å². The van der Waals surface area contributed by atoms with Crippen molar-refractivity contribution in [3.8, 4) is 0 Å². The van der Waals surface area contributed by atoms with Gasteiger partial charge in [-0.15, -0.1) is 11.6 Å². The fourth-order valence-electron chi connectivity index (χ4n) is 2.90. The molecule has 0 spiro atoms. The van der Waals surface area contributed by atoms with E-state index in [0.29, 0.717) is 0 Å². The van der Waals surface area contributed by atoms with Crippen molar-refractivity contribution in [2.45, 2.75) is 90.4 Å². The lowest BCUT2D eigenvalue weighted by Crippen LogP contribution is -3.00. The van der Waals surface area contributed by atoms with Crippen molar-refractivity contribution < 1.29 is 28.5 Å². The number of halogens is 2. The molecule has 0 aromatic heterocycles. The molecule has 0 amide bonds. The molecule has 0 radical (unpaired) electrons. The minimum atomic E-state index is 0. The van der Waals surface area contributed by atoms with Crippen LogP contribution in [-0.4, -0.2) is 37.5 Å². The summed E-state index contributed by atoms with van der Waals surface area (Å²) < 4.78 is 1.08. The molecule has 0 aliphatic carbocycles. The van der Waals surface area contributed by atoms with E-state index >= 15 is 0 Å². The largest absolute Gasteiger partial charge is 1.00 e. The monoisotopic (exact) mass is 445 g/mol. The lowest BCUT2D eigenvalue weighted by atomic mass is 10.0. The Bertz CT molecular complexity index is 210. The van der Waals surface area contributed by atoms with Crippen molar-refractivity contribution in [1.29, 1.82) is 0 Å². The molecule has 0 saturated heterocycles. The molecule has 0 aliphatic rings. The molecular weight excluding hydrogens is 405 g/mol. The summed E-state index contributed by atoms with van der Waals surface area (Å²) in [6, 6.07) is 0. The molecule has 0 bridgehead atoms. The van der Waals surface area contributed by atoms with Gasteiger partial charge < -0.3 is 28.5 Å². The first kappa shape index (κ1) is 25.2. The van der Waals surface area contributed by atoms with Gasteiger partial charge >= 0.3 is 0 Å². The predicted octanol–water partition coefficient (Wildman–Crippen LogP) is 3.40. The van der Waals surface area contributed by atoms with Gasteiger partial charge in [-0.1, -0.05) is 77.6 Å². The number of unbranched alkanes of at least 4 members (excludes halogenated alkanes) is 12. The maximum absolute atomic E-state index is 5.83. The molecule has 0 aromatic rings. The highest BCUT2D eigenvalue weighted by Gasteiger charge is 2.12. The van der Waals surface area contributed by atoms with Gasteiger partial charge in [-0.3, -0.25) is 0 Å². The molecule has 0 unspecified atom stereocenters. The zero-order valence-corrected chi connectivity index (χ0v) is 18.4. The fraction of sp³-hybridized carbons (Fsp3) is 1.00. The topological polar surface area (TPSA) is 0 Å². The van der Waals surface area contributed by atoms with Crippen LogP contribution in [0.25, 0.3) is 0 Å². The molecule has 22 heavy (non-hydrogen) atoms. The average molecular weight is 446 g/mol. The van der Waals surface area contributed by atoms with Gasteiger partial charge in [0.25, 0.3) is 0 Å². The Morgan fingerprint density at radius 3 is 1.32 bits per heavy atom. The van der Waals surface area contributed by atoms with Crippen LogP contribution in [0.1, 0.15) is 90.4 Å². The zero-order chi connectivity index (χ0) is 15.8. The van der Waals surface area contributed by atoms with E-state index in [1.807, 2.05) is 0 Å². The van der Waals surface area contributed by atoms with Crippen LogP contribution in [0.3, 0.4) is 0 Å². The standard InChI is InChI=1S/C19H41ClN.HI/c1-4-5-6-7-8-9-10-11-12-13-14-15-16-18-21(2,3)19-17-20;/h4-19H2,1-3H3;1H/q+1;/p-1. The summed E-state index contributed by atoms with van der Waals surface area (Å²) in [4.78, 5) is 0. The summed E-state index contributed by atoms with van der Waals surface area (Å²) in [5.74, 6) is 0.783. The Morgan fingerprint density at radius 1 is 0.591 bits per heavy atom. The SMILES string of the molecule is CCCCCCCCCCCCCCC[N+](C)(C)CCCl.[I-]. The van der Waals surface area contributed by atoms with E-state index < -0.39 is 0 Å². The molecule has 0 aliphatic heterocycles. The smallest absolute Gasteiger partial charge is 0.0920 e. The van der Waals surface area contributed by atoms with Crippen LogP contribution in [-0.2, 0) is 0 Å². The van der Waals surface area contributed by atoms with Crippen molar-refractivity contribution in [3.63, 3.8) is 0 Å². The Kier molecular flexibility index (Phi) is 21.0. The Morgan fingerprint density at radius 2 is 0.955 bits per heavy atom. The molecule has 0 fully saturated rings. The van der Waals surface area contributed by atoms with E-state index in [-0.39, 0.29) is 24.0 Å². The van der Waals surface area contributed by atoms with Gasteiger partial charge in [0.1, 0.15) is 0 Å². The normalized spacial score (nSPS) is 11.5. The van der Waals surface area contributed by atoms with Crippen LogP contribution >= 0.6 is 11.6 Å². The van der Waals surface area contributed by atoms with Crippen LogP contribution in [0.2, 0.25) is 0 Å². The summed E-state index contributed by atoms with van der Waals surface area (Å²) in [6.45, 7) is 4.67. The summed E-state index contributed by atoms with van der Waals surface area (Å²) >= 11 is 5.83. The first-order chi connectivity index (χ1) is 10.1. The van der Waals surface area contributed by atoms with E-state index in [2.05, 4.69) is 21.0 Å². The predicted molar refractivity (Wildman–Crippen MR) is 98.3 cm³/mol. The van der Waals surface area contributed by atoms with E-state index in [9.17, 15) is 0 Å². The highest BCUT2D eigenvalue weighted by atomic mass is 127. The van der Waals surface area contributed by atoms with E-state index in [1.54, 1.807) is 0 Å². The zero-order valence-electron chi connectivity index (χ0n) is 15.5. The Hall–Kier alpha value is 0.980. The molecule has 0 N–H and O–H groups in total. The molecule has 0 atom stereocenters. The molecular formula is C19H41ClIN. The summed E-state index contributed by atoms with van der Waals surface area (Å²) in [5.41, 5.74) is 0. The highest BCUT2D eigenvalue weighted by molar-refractivity contribution is 6.17. The third kappa shape index (κ3) is 19.0. The Balaban J connectivity index is 0. The number of quaternary nitrogens is 1. The second kappa shape index (κ2) is 18.3. The van der Waals surface area contributed by atoms with Gasteiger partial charge in [0.2, 0.25) is 0 Å². The minimum absolute atomic E-state index is 0. The number of nitrogens with zero attached hydrogens (tertiary/aromatic N) is 1. The molecule has 136 valence electrons. The second-order valence-electron chi connectivity index (χ2n) is 7.31. The first-order valence-corrected chi connectivity index (χ1v) is 10.0. The number of hydrogen-bond acceptors (Lipinski definition) is 0. The van der Waals surface area contributed by atoms with Crippen molar-refractivity contribution in [3.05, 3.63) is 0 Å². The third-order valence-corrected chi connectivity index (χ3v) is 4.73. The molecule has 1 nitrogen and oxygen atoms in total. The van der Waals surface area contributed by atoms with Crippen LogP contribution in [0.4, 0.5) is 0 Å². The summed E-state index contributed by atoms with van der Waals surface area (Å²) in [6.07, 6.45) is 18.7. The van der Waals surface area contributed by atoms with Gasteiger partial charge in [-0.2, -0.15) is 0 Å². The van der Waals surface area contributed by atoms with Gasteiger partial charge in [0.15, 0.2) is 0 Å². The van der Waals surface area contributed by atoms with Crippen molar-refractivity contribution >= 4 is 11.6 Å². The van der Waals surface area contributed by atoms with Crippen LogP contribution in [0.5, 0.6) is 0 Å². The van der Waals surface area contributed by atoms with E-state index in [4.69, 9.17) is 11.6 Å². The van der Waals surface area contributed by atoms with Crippen molar-refractivity contribution in [2.24, 2.45) is 0 Å². The van der Waals surface area contributed by atoms with Gasteiger partial charge in [0.05, 0.1) is 33.1 Å². The average Bonchev–Trinajstić information content (AvgIpc) is 2.44. The van der Waals surface area contributed by atoms with Gasteiger partial charge in [-0.05, 0) is 12.8 Å². The lowest BCUT2D eigenvalue weighted by Gasteiger charge is -2.28. The van der Waals surface area contributed by atoms with E-state index in [0.717, 1.165) is 16.9 Å². The number of hydrogen-bond donors (Lipinski definition) is 0. The number of alkyl halides is 1. The molecule has 0 saturated carbocycles. The lowest BCUT2D eigenvalue weighted by molar-refractivity contribution is -0.888. The fourth-order valence-corrected chi connectivity index (χ4v) is 3.36. The molecule has 0 aromatic carbocycles. The molecule has 3 heteroatoms. The van der Waals surface area contributed by atoms with Crippen LogP contribution < -0.4 is 24.0 Å². The second-order valence-corrected chi connectivity index (χ2v) is 7.69. The van der Waals surface area contributed by atoms with Crippen LogP contribution in [0, 0.1) is 0 Å². The third-order valence-electron chi connectivity index (χ3n) is 4.56.